The Kier molecular flexibility index (Phi) is 5.34. The predicted molar refractivity (Wildman–Crippen MR) is 99.1 cm³/mol. The fourth-order valence-electron chi connectivity index (χ4n) is 3.47. The SMILES string of the molecule is CC(C)(C)C(=O)Oc1ccc2c(c1NC=O)CCC(NC1CCC1)C2O. The van der Waals surface area contributed by atoms with E-state index in [1.807, 2.05) is 0 Å². The van der Waals surface area contributed by atoms with Crippen LogP contribution in [0.4, 0.5) is 5.69 Å². The molecule has 2 unspecified atom stereocenters. The van der Waals surface area contributed by atoms with Gasteiger partial charge < -0.3 is 20.5 Å². The van der Waals surface area contributed by atoms with Gasteiger partial charge in [-0.05, 0) is 63.6 Å². The second-order valence-electron chi connectivity index (χ2n) is 8.29. The van der Waals surface area contributed by atoms with Crippen molar-refractivity contribution in [2.24, 2.45) is 5.41 Å². The first kappa shape index (κ1) is 18.9. The number of amides is 1. The number of aliphatic hydroxyl groups excluding tert-OH is 1. The first-order chi connectivity index (χ1) is 12.3. The van der Waals surface area contributed by atoms with Crippen LogP contribution in [0, 0.1) is 5.41 Å². The number of hydrogen-bond donors (Lipinski definition) is 3. The Morgan fingerprint density at radius 1 is 1.27 bits per heavy atom. The molecule has 2 atom stereocenters. The van der Waals surface area contributed by atoms with Gasteiger partial charge in [-0.2, -0.15) is 0 Å². The first-order valence-corrected chi connectivity index (χ1v) is 9.33. The Bertz CT molecular complexity index is 692. The molecule has 1 fully saturated rings. The van der Waals surface area contributed by atoms with E-state index in [0.29, 0.717) is 30.3 Å². The summed E-state index contributed by atoms with van der Waals surface area (Å²) < 4.78 is 5.52. The van der Waals surface area contributed by atoms with Gasteiger partial charge in [0.2, 0.25) is 6.41 Å². The summed E-state index contributed by atoms with van der Waals surface area (Å²) in [6.45, 7) is 5.34. The smallest absolute Gasteiger partial charge is 0.316 e. The minimum atomic E-state index is -0.647. The highest BCUT2D eigenvalue weighted by Gasteiger charge is 2.34. The van der Waals surface area contributed by atoms with E-state index in [-0.39, 0.29) is 12.0 Å². The summed E-state index contributed by atoms with van der Waals surface area (Å²) in [5, 5.41) is 17.0. The standard InChI is InChI=1S/C20H28N2O4/c1-20(2,3)19(25)26-16-10-8-14-13(17(16)21-11-23)7-9-15(18(14)24)22-12-5-4-6-12/h8,10-12,15,18,22,24H,4-7,9H2,1-3H3,(H,21,23). The molecule has 0 spiro atoms. The summed E-state index contributed by atoms with van der Waals surface area (Å²) >= 11 is 0. The molecule has 0 saturated heterocycles. The molecule has 6 nitrogen and oxygen atoms in total. The Balaban J connectivity index is 1.87. The molecule has 0 aliphatic heterocycles. The van der Waals surface area contributed by atoms with Crippen LogP contribution in [-0.4, -0.2) is 29.6 Å². The normalized spacial score (nSPS) is 22.9. The summed E-state index contributed by atoms with van der Waals surface area (Å²) in [6.07, 6.45) is 4.98. The third kappa shape index (κ3) is 3.76. The van der Waals surface area contributed by atoms with E-state index in [0.717, 1.165) is 30.4 Å². The van der Waals surface area contributed by atoms with Crippen LogP contribution in [0.3, 0.4) is 0 Å². The molecule has 1 saturated carbocycles. The Hall–Kier alpha value is -1.92. The van der Waals surface area contributed by atoms with Crippen molar-refractivity contribution in [3.05, 3.63) is 23.3 Å². The third-order valence-corrected chi connectivity index (χ3v) is 5.29. The van der Waals surface area contributed by atoms with Crippen molar-refractivity contribution in [3.63, 3.8) is 0 Å². The first-order valence-electron chi connectivity index (χ1n) is 9.33. The zero-order valence-corrected chi connectivity index (χ0v) is 15.7. The number of hydrogen-bond acceptors (Lipinski definition) is 5. The van der Waals surface area contributed by atoms with Gasteiger partial charge in [-0.3, -0.25) is 9.59 Å². The highest BCUT2D eigenvalue weighted by atomic mass is 16.5. The van der Waals surface area contributed by atoms with E-state index in [1.165, 1.54) is 6.42 Å². The van der Waals surface area contributed by atoms with Crippen LogP contribution in [0.25, 0.3) is 0 Å². The lowest BCUT2D eigenvalue weighted by Crippen LogP contribution is -2.47. The number of anilines is 1. The lowest BCUT2D eigenvalue weighted by atomic mass is 9.82. The molecule has 3 rings (SSSR count). The largest absolute Gasteiger partial charge is 0.424 e. The van der Waals surface area contributed by atoms with Gasteiger partial charge in [0.15, 0.2) is 5.75 Å². The number of aliphatic hydroxyl groups is 1. The molecule has 26 heavy (non-hydrogen) atoms. The molecule has 6 heteroatoms. The zero-order chi connectivity index (χ0) is 18.9. The molecular formula is C20H28N2O4. The van der Waals surface area contributed by atoms with Crippen molar-refractivity contribution in [2.75, 3.05) is 5.32 Å². The number of rotatable bonds is 5. The lowest BCUT2D eigenvalue weighted by molar-refractivity contribution is -0.142. The fourth-order valence-corrected chi connectivity index (χ4v) is 3.47. The average Bonchev–Trinajstić information content (AvgIpc) is 2.53. The van der Waals surface area contributed by atoms with Crippen molar-refractivity contribution in [3.8, 4) is 5.75 Å². The number of nitrogens with one attached hydrogen (secondary N) is 2. The predicted octanol–water partition coefficient (Wildman–Crippen LogP) is 2.70. The van der Waals surface area contributed by atoms with Crippen molar-refractivity contribution < 1.29 is 19.4 Å². The number of benzene rings is 1. The molecule has 1 aromatic rings. The van der Waals surface area contributed by atoms with Crippen LogP contribution < -0.4 is 15.4 Å². The third-order valence-electron chi connectivity index (χ3n) is 5.29. The molecule has 0 aromatic heterocycles. The maximum Gasteiger partial charge on any atom is 0.316 e. The molecule has 2 aliphatic rings. The summed E-state index contributed by atoms with van der Waals surface area (Å²) in [5.74, 6) is -0.0411. The van der Waals surface area contributed by atoms with Crippen LogP contribution in [0.2, 0.25) is 0 Å². The Morgan fingerprint density at radius 3 is 2.58 bits per heavy atom. The minimum Gasteiger partial charge on any atom is -0.424 e. The summed E-state index contributed by atoms with van der Waals surface area (Å²) in [7, 11) is 0. The van der Waals surface area contributed by atoms with E-state index >= 15 is 0 Å². The van der Waals surface area contributed by atoms with Crippen molar-refractivity contribution >= 4 is 18.1 Å². The number of carbonyl (C=O) groups is 2. The number of esters is 1. The highest BCUT2D eigenvalue weighted by Crippen LogP contribution is 2.40. The van der Waals surface area contributed by atoms with Gasteiger partial charge in [-0.1, -0.05) is 12.5 Å². The summed E-state index contributed by atoms with van der Waals surface area (Å²) in [6, 6.07) is 3.97. The number of ether oxygens (including phenoxy) is 1. The zero-order valence-electron chi connectivity index (χ0n) is 15.7. The fraction of sp³-hybridized carbons (Fsp3) is 0.600. The van der Waals surface area contributed by atoms with Crippen LogP contribution in [0.15, 0.2) is 12.1 Å². The Labute approximate surface area is 154 Å². The monoisotopic (exact) mass is 360 g/mol. The maximum absolute atomic E-state index is 12.2. The minimum absolute atomic E-state index is 0.0138. The van der Waals surface area contributed by atoms with Crippen LogP contribution >= 0.6 is 0 Å². The van der Waals surface area contributed by atoms with Crippen molar-refractivity contribution in [1.29, 1.82) is 0 Å². The number of carbonyl (C=O) groups excluding carboxylic acids is 2. The van der Waals surface area contributed by atoms with Crippen molar-refractivity contribution in [1.82, 2.24) is 5.32 Å². The molecule has 0 radical (unpaired) electrons. The van der Waals surface area contributed by atoms with E-state index in [4.69, 9.17) is 4.74 Å². The van der Waals surface area contributed by atoms with Gasteiger partial charge in [0, 0.05) is 12.1 Å². The second kappa shape index (κ2) is 7.37. The van der Waals surface area contributed by atoms with Crippen molar-refractivity contribution in [2.45, 2.75) is 71.1 Å². The van der Waals surface area contributed by atoms with E-state index < -0.39 is 11.5 Å². The van der Waals surface area contributed by atoms with Gasteiger partial charge in [-0.15, -0.1) is 0 Å². The van der Waals surface area contributed by atoms with E-state index in [2.05, 4.69) is 10.6 Å². The molecule has 0 heterocycles. The summed E-state index contributed by atoms with van der Waals surface area (Å²) in [5.41, 5.74) is 1.46. The lowest BCUT2D eigenvalue weighted by Gasteiger charge is -2.37. The van der Waals surface area contributed by atoms with Crippen LogP contribution in [0.5, 0.6) is 5.75 Å². The molecular weight excluding hydrogens is 332 g/mol. The molecule has 2 aliphatic carbocycles. The van der Waals surface area contributed by atoms with Gasteiger partial charge in [-0.25, -0.2) is 0 Å². The molecule has 0 bridgehead atoms. The molecule has 1 aromatic carbocycles. The number of fused-ring (bicyclic) bond motifs is 1. The second-order valence-corrected chi connectivity index (χ2v) is 8.29. The Morgan fingerprint density at radius 2 is 2.00 bits per heavy atom. The van der Waals surface area contributed by atoms with Gasteiger partial charge in [0.1, 0.15) is 0 Å². The quantitative estimate of drug-likeness (QED) is 0.427. The highest BCUT2D eigenvalue weighted by molar-refractivity contribution is 5.84. The summed E-state index contributed by atoms with van der Waals surface area (Å²) in [4.78, 5) is 23.3. The maximum atomic E-state index is 12.2. The van der Waals surface area contributed by atoms with Gasteiger partial charge >= 0.3 is 5.97 Å². The van der Waals surface area contributed by atoms with E-state index in [1.54, 1.807) is 32.9 Å². The molecule has 1 amide bonds. The topological polar surface area (TPSA) is 87.7 Å². The van der Waals surface area contributed by atoms with Crippen LogP contribution in [-0.2, 0) is 16.0 Å². The van der Waals surface area contributed by atoms with Crippen LogP contribution in [0.1, 0.15) is 63.7 Å². The van der Waals surface area contributed by atoms with Gasteiger partial charge in [0.05, 0.1) is 17.2 Å². The van der Waals surface area contributed by atoms with E-state index in [9.17, 15) is 14.7 Å². The average molecular weight is 360 g/mol. The molecule has 142 valence electrons. The van der Waals surface area contributed by atoms with Gasteiger partial charge in [0.25, 0.3) is 0 Å². The molecule has 3 N–H and O–H groups in total.